The summed E-state index contributed by atoms with van der Waals surface area (Å²) in [6.45, 7) is 1.55. The number of aromatic amines is 1. The third-order valence-corrected chi connectivity index (χ3v) is 5.24. The highest BCUT2D eigenvalue weighted by Gasteiger charge is 2.22. The van der Waals surface area contributed by atoms with E-state index in [2.05, 4.69) is 14.9 Å². The summed E-state index contributed by atoms with van der Waals surface area (Å²) < 4.78 is 14.2. The van der Waals surface area contributed by atoms with E-state index in [1.165, 1.54) is 6.07 Å². The monoisotopic (exact) mass is 403 g/mol. The van der Waals surface area contributed by atoms with Gasteiger partial charge in [-0.05, 0) is 36.8 Å². The maximum Gasteiger partial charge on any atom is 0.254 e. The molecule has 7 heteroatoms. The van der Waals surface area contributed by atoms with Crippen LogP contribution < -0.4 is 5.56 Å². The third-order valence-electron chi connectivity index (χ3n) is 4.70. The van der Waals surface area contributed by atoms with Crippen LogP contribution in [0.2, 0.25) is 10.0 Å². The Kier molecular flexibility index (Phi) is 5.00. The fourth-order valence-electron chi connectivity index (χ4n) is 3.28. The number of rotatable bonds is 3. The lowest BCUT2D eigenvalue weighted by Crippen LogP contribution is -2.35. The van der Waals surface area contributed by atoms with E-state index >= 15 is 0 Å². The molecule has 0 fully saturated rings. The standard InChI is InChI=1S/C20H16Cl2FN3O/c21-14-6-4-12(5-7-14)19-24-17-11-26(9-8-15(17)20(27)25-19)10-13-2-1-3-16(22)18(13)23/h1-7H,8-11H2,(H,24,25,27). The van der Waals surface area contributed by atoms with E-state index in [4.69, 9.17) is 23.2 Å². The first kappa shape index (κ1) is 18.2. The van der Waals surface area contributed by atoms with Crippen molar-refractivity contribution >= 4 is 23.2 Å². The molecule has 3 aromatic rings. The fourth-order valence-corrected chi connectivity index (χ4v) is 3.60. The Hall–Kier alpha value is -2.21. The number of hydrogen-bond donors (Lipinski definition) is 1. The lowest BCUT2D eigenvalue weighted by Gasteiger charge is -2.28. The molecule has 0 saturated heterocycles. The summed E-state index contributed by atoms with van der Waals surface area (Å²) in [7, 11) is 0. The second-order valence-corrected chi connectivity index (χ2v) is 7.36. The number of nitrogens with zero attached hydrogens (tertiary/aromatic N) is 2. The minimum atomic E-state index is -0.398. The van der Waals surface area contributed by atoms with Crippen molar-refractivity contribution in [2.75, 3.05) is 6.54 Å². The van der Waals surface area contributed by atoms with E-state index in [1.54, 1.807) is 24.3 Å². The zero-order valence-electron chi connectivity index (χ0n) is 14.3. The summed E-state index contributed by atoms with van der Waals surface area (Å²) in [6, 6.07) is 12.1. The van der Waals surface area contributed by atoms with Crippen LogP contribution in [-0.4, -0.2) is 21.4 Å². The second-order valence-electron chi connectivity index (χ2n) is 6.52. The molecule has 138 valence electrons. The van der Waals surface area contributed by atoms with Crippen molar-refractivity contribution in [2.45, 2.75) is 19.5 Å². The Bertz CT molecular complexity index is 1050. The minimum Gasteiger partial charge on any atom is -0.306 e. The highest BCUT2D eigenvalue weighted by Crippen LogP contribution is 2.23. The molecule has 0 saturated carbocycles. The number of fused-ring (bicyclic) bond motifs is 1. The molecule has 1 N–H and O–H groups in total. The van der Waals surface area contributed by atoms with Crippen LogP contribution in [0.4, 0.5) is 4.39 Å². The van der Waals surface area contributed by atoms with Gasteiger partial charge in [0.05, 0.1) is 10.7 Å². The molecule has 0 atom stereocenters. The summed E-state index contributed by atoms with van der Waals surface area (Å²) in [5.41, 5.74) is 2.61. The van der Waals surface area contributed by atoms with Gasteiger partial charge in [0.15, 0.2) is 0 Å². The van der Waals surface area contributed by atoms with Gasteiger partial charge >= 0.3 is 0 Å². The van der Waals surface area contributed by atoms with Gasteiger partial charge < -0.3 is 4.98 Å². The first-order valence-corrected chi connectivity index (χ1v) is 9.30. The van der Waals surface area contributed by atoms with Gasteiger partial charge in [0.25, 0.3) is 5.56 Å². The van der Waals surface area contributed by atoms with Crippen molar-refractivity contribution in [3.8, 4) is 11.4 Å². The van der Waals surface area contributed by atoms with E-state index in [0.717, 1.165) is 11.3 Å². The minimum absolute atomic E-state index is 0.115. The van der Waals surface area contributed by atoms with Crippen molar-refractivity contribution in [3.05, 3.63) is 85.5 Å². The van der Waals surface area contributed by atoms with Crippen LogP contribution in [0.15, 0.2) is 47.3 Å². The van der Waals surface area contributed by atoms with E-state index < -0.39 is 5.82 Å². The van der Waals surface area contributed by atoms with E-state index in [0.29, 0.717) is 48.0 Å². The predicted molar refractivity (Wildman–Crippen MR) is 105 cm³/mol. The maximum absolute atomic E-state index is 14.2. The van der Waals surface area contributed by atoms with Crippen LogP contribution in [0, 0.1) is 5.82 Å². The summed E-state index contributed by atoms with van der Waals surface area (Å²) in [4.78, 5) is 22.0. The zero-order valence-corrected chi connectivity index (χ0v) is 15.8. The highest BCUT2D eigenvalue weighted by molar-refractivity contribution is 6.31. The Morgan fingerprint density at radius 3 is 2.70 bits per heavy atom. The van der Waals surface area contributed by atoms with Crippen molar-refractivity contribution in [1.29, 1.82) is 0 Å². The first-order valence-electron chi connectivity index (χ1n) is 8.54. The predicted octanol–water partition coefficient (Wildman–Crippen LogP) is 4.44. The molecule has 0 unspecified atom stereocenters. The van der Waals surface area contributed by atoms with Crippen LogP contribution in [-0.2, 0) is 19.5 Å². The highest BCUT2D eigenvalue weighted by atomic mass is 35.5. The van der Waals surface area contributed by atoms with Crippen LogP contribution in [0.3, 0.4) is 0 Å². The van der Waals surface area contributed by atoms with Gasteiger partial charge in [-0.2, -0.15) is 0 Å². The molecule has 0 radical (unpaired) electrons. The Morgan fingerprint density at radius 2 is 1.93 bits per heavy atom. The molecule has 4 nitrogen and oxygen atoms in total. The molecule has 0 aliphatic carbocycles. The molecular weight excluding hydrogens is 388 g/mol. The van der Waals surface area contributed by atoms with Gasteiger partial charge in [-0.1, -0.05) is 35.3 Å². The Morgan fingerprint density at radius 1 is 1.15 bits per heavy atom. The lowest BCUT2D eigenvalue weighted by atomic mass is 10.0. The van der Waals surface area contributed by atoms with Crippen LogP contribution >= 0.6 is 23.2 Å². The van der Waals surface area contributed by atoms with Gasteiger partial charge in [0, 0.05) is 41.3 Å². The summed E-state index contributed by atoms with van der Waals surface area (Å²) in [5, 5.41) is 0.735. The molecule has 0 spiro atoms. The number of hydrogen-bond acceptors (Lipinski definition) is 3. The largest absolute Gasteiger partial charge is 0.306 e. The quantitative estimate of drug-likeness (QED) is 0.702. The number of aromatic nitrogens is 2. The van der Waals surface area contributed by atoms with Gasteiger partial charge in [-0.3, -0.25) is 9.69 Å². The summed E-state index contributed by atoms with van der Waals surface area (Å²) in [5.74, 6) is 0.108. The maximum atomic E-state index is 14.2. The third kappa shape index (κ3) is 3.76. The van der Waals surface area contributed by atoms with Gasteiger partial charge in [0.1, 0.15) is 11.6 Å². The molecular formula is C20H16Cl2FN3O. The number of nitrogens with one attached hydrogen (secondary N) is 1. The molecule has 4 rings (SSSR count). The first-order chi connectivity index (χ1) is 13.0. The normalized spacial score (nSPS) is 14.2. The average molecular weight is 404 g/mol. The van der Waals surface area contributed by atoms with E-state index in [-0.39, 0.29) is 10.6 Å². The molecule has 1 aromatic heterocycles. The van der Waals surface area contributed by atoms with Crippen molar-refractivity contribution < 1.29 is 4.39 Å². The number of halogens is 3. The SMILES string of the molecule is O=c1[nH]c(-c2ccc(Cl)cc2)nc2c1CCN(Cc1cccc(Cl)c1F)C2. The Labute approximate surface area is 165 Å². The zero-order chi connectivity index (χ0) is 19.0. The fraction of sp³-hybridized carbons (Fsp3) is 0.200. The van der Waals surface area contributed by atoms with Crippen molar-refractivity contribution in [3.63, 3.8) is 0 Å². The molecule has 0 amide bonds. The van der Waals surface area contributed by atoms with Crippen molar-refractivity contribution in [2.24, 2.45) is 0 Å². The van der Waals surface area contributed by atoms with E-state index in [9.17, 15) is 9.18 Å². The van der Waals surface area contributed by atoms with Gasteiger partial charge in [-0.25, -0.2) is 9.37 Å². The van der Waals surface area contributed by atoms with Crippen LogP contribution in [0.1, 0.15) is 16.8 Å². The molecule has 1 aliphatic heterocycles. The Balaban J connectivity index is 1.62. The molecule has 1 aliphatic rings. The molecule has 0 bridgehead atoms. The summed E-state index contributed by atoms with van der Waals surface area (Å²) in [6.07, 6.45) is 0.570. The number of benzene rings is 2. The second kappa shape index (κ2) is 7.43. The average Bonchev–Trinajstić information content (AvgIpc) is 2.66. The number of H-pyrrole nitrogens is 1. The van der Waals surface area contributed by atoms with Gasteiger partial charge in [-0.15, -0.1) is 0 Å². The van der Waals surface area contributed by atoms with E-state index in [1.807, 2.05) is 12.1 Å². The molecule has 27 heavy (non-hydrogen) atoms. The van der Waals surface area contributed by atoms with Gasteiger partial charge in [0.2, 0.25) is 0 Å². The molecule has 2 heterocycles. The smallest absolute Gasteiger partial charge is 0.254 e. The van der Waals surface area contributed by atoms with Crippen LogP contribution in [0.5, 0.6) is 0 Å². The topological polar surface area (TPSA) is 49.0 Å². The lowest BCUT2D eigenvalue weighted by molar-refractivity contribution is 0.237. The molecule has 2 aromatic carbocycles. The van der Waals surface area contributed by atoms with Crippen molar-refractivity contribution in [1.82, 2.24) is 14.9 Å². The summed E-state index contributed by atoms with van der Waals surface area (Å²) >= 11 is 11.8. The van der Waals surface area contributed by atoms with Crippen LogP contribution in [0.25, 0.3) is 11.4 Å².